The maximum absolute atomic E-state index is 3.85. The molecule has 17 heavy (non-hydrogen) atoms. The molecule has 0 atom stereocenters. The lowest BCUT2D eigenvalue weighted by molar-refractivity contribution is -0.368. The van der Waals surface area contributed by atoms with Gasteiger partial charge in [0.2, 0.25) is 0 Å². The summed E-state index contributed by atoms with van der Waals surface area (Å²) in [4.78, 5) is 0. The molecule has 0 aromatic carbocycles. The van der Waals surface area contributed by atoms with Crippen LogP contribution in [0.5, 0.6) is 0 Å². The van der Waals surface area contributed by atoms with Gasteiger partial charge >= 0.3 is 0 Å². The van der Waals surface area contributed by atoms with Crippen LogP contribution in [-0.4, -0.2) is 6.54 Å². The van der Waals surface area contributed by atoms with E-state index < -0.39 is 0 Å². The van der Waals surface area contributed by atoms with E-state index in [4.69, 9.17) is 0 Å². The number of hydrogen-bond acceptors (Lipinski definition) is 0. The molecule has 0 saturated carbocycles. The highest BCUT2D eigenvalue weighted by molar-refractivity contribution is 4.46. The molecule has 0 spiro atoms. The summed E-state index contributed by atoms with van der Waals surface area (Å²) < 4.78 is 0. The highest BCUT2D eigenvalue weighted by atomic mass is 35.5. The van der Waals surface area contributed by atoms with E-state index in [1.165, 1.54) is 64.2 Å². The third-order valence-corrected chi connectivity index (χ3v) is 2.60. The fourth-order valence-corrected chi connectivity index (χ4v) is 1.66. The van der Waals surface area contributed by atoms with Crippen molar-refractivity contribution in [2.24, 2.45) is 0 Å². The molecule has 0 aromatic heterocycles. The van der Waals surface area contributed by atoms with Crippen molar-refractivity contribution < 1.29 is 55.4 Å². The zero-order valence-corrected chi connectivity index (χ0v) is 14.0. The molecule has 1 nitrogen and oxygen atoms in total. The lowest BCUT2D eigenvalue weighted by Gasteiger charge is -2.00. The van der Waals surface area contributed by atoms with Crippen LogP contribution in [0.1, 0.15) is 71.1 Å². The number of halogens is 4. The van der Waals surface area contributed by atoms with Crippen molar-refractivity contribution >= 4 is 0 Å². The Hall–Kier alpha value is 1.12. The van der Waals surface area contributed by atoms with Gasteiger partial charge in [0.1, 0.15) is 0 Å². The Kier molecular flexibility index (Phi) is 55.0. The summed E-state index contributed by atoms with van der Waals surface area (Å²) in [5.41, 5.74) is 3.85. The van der Waals surface area contributed by atoms with Crippen LogP contribution in [0.2, 0.25) is 0 Å². The molecule has 0 fully saturated rings. The van der Waals surface area contributed by atoms with Crippen LogP contribution in [0.4, 0.5) is 0 Å². The maximum atomic E-state index is 3.85. The average Bonchev–Trinajstić information content (AvgIpc) is 2.16. The van der Waals surface area contributed by atoms with E-state index in [0.717, 1.165) is 6.54 Å². The predicted molar refractivity (Wildman–Crippen MR) is 59.6 cm³/mol. The Bertz CT molecular complexity index is 84.6. The minimum absolute atomic E-state index is 0. The third kappa shape index (κ3) is 31.7. The van der Waals surface area contributed by atoms with Crippen molar-refractivity contribution in [2.75, 3.05) is 6.54 Å². The van der Waals surface area contributed by atoms with Crippen molar-refractivity contribution in [2.45, 2.75) is 71.1 Å². The van der Waals surface area contributed by atoms with E-state index in [0.29, 0.717) is 0 Å². The van der Waals surface area contributed by atoms with E-state index in [-0.39, 0.29) is 49.6 Å². The number of unbranched alkanes of at least 4 members (excludes halogenated alkanes) is 9. The summed E-state index contributed by atoms with van der Waals surface area (Å²) in [6.45, 7) is 3.40. The second-order valence-electron chi connectivity index (χ2n) is 4.04. The molecule has 0 aromatic rings. The SMILES string of the molecule is CCCCCCCCCCCC[NH3+].[Cl-].[Cl-].[Cl-].[Cl-]. The van der Waals surface area contributed by atoms with Gasteiger partial charge in [-0.3, -0.25) is 0 Å². The second kappa shape index (κ2) is 30.3. The van der Waals surface area contributed by atoms with Crippen LogP contribution in [-0.2, 0) is 0 Å². The molecule has 5 heteroatoms. The summed E-state index contributed by atoms with van der Waals surface area (Å²) in [7, 11) is 0. The normalized spacial score (nSPS) is 8.12. The first-order valence-electron chi connectivity index (χ1n) is 6.21. The first-order chi connectivity index (χ1) is 6.41. The smallest absolute Gasteiger partial charge is 0.0739 e. The van der Waals surface area contributed by atoms with Crippen LogP contribution in [0, 0.1) is 0 Å². The zero-order valence-electron chi connectivity index (χ0n) is 11.0. The Morgan fingerprint density at radius 3 is 1.12 bits per heavy atom. The van der Waals surface area contributed by atoms with E-state index in [1.807, 2.05) is 0 Å². The zero-order chi connectivity index (χ0) is 9.78. The first kappa shape index (κ1) is 30.9. The molecule has 0 bridgehead atoms. The first-order valence-corrected chi connectivity index (χ1v) is 6.21. The fourth-order valence-electron chi connectivity index (χ4n) is 1.66. The van der Waals surface area contributed by atoms with Crippen LogP contribution < -0.4 is 55.4 Å². The minimum atomic E-state index is 0. The number of rotatable bonds is 10. The Labute approximate surface area is 133 Å². The molecular formula is C12H28Cl4N-3. The van der Waals surface area contributed by atoms with Gasteiger partial charge in [-0.15, -0.1) is 0 Å². The molecule has 0 unspecified atom stereocenters. The number of quaternary nitrogens is 1. The maximum Gasteiger partial charge on any atom is 0.0739 e. The molecule has 0 radical (unpaired) electrons. The molecule has 0 heterocycles. The average molecular weight is 328 g/mol. The van der Waals surface area contributed by atoms with Gasteiger partial charge in [-0.05, 0) is 12.8 Å². The quantitative estimate of drug-likeness (QED) is 0.386. The van der Waals surface area contributed by atoms with Gasteiger partial charge < -0.3 is 55.4 Å². The predicted octanol–water partition coefficient (Wildman–Crippen LogP) is -8.83. The largest absolute Gasteiger partial charge is 1.00 e. The van der Waals surface area contributed by atoms with Gasteiger partial charge in [0, 0.05) is 0 Å². The monoisotopic (exact) mass is 326 g/mol. The van der Waals surface area contributed by atoms with E-state index in [9.17, 15) is 0 Å². The Morgan fingerprint density at radius 2 is 0.824 bits per heavy atom. The van der Waals surface area contributed by atoms with E-state index >= 15 is 0 Å². The molecule has 0 aliphatic heterocycles. The second-order valence-corrected chi connectivity index (χ2v) is 4.04. The van der Waals surface area contributed by atoms with Gasteiger partial charge in [-0.2, -0.15) is 0 Å². The molecule has 0 amide bonds. The molecular weight excluding hydrogens is 300 g/mol. The highest BCUT2D eigenvalue weighted by Gasteiger charge is 1.91. The summed E-state index contributed by atoms with van der Waals surface area (Å²) in [5, 5.41) is 0. The summed E-state index contributed by atoms with van der Waals surface area (Å²) in [6, 6.07) is 0. The third-order valence-electron chi connectivity index (χ3n) is 2.60. The van der Waals surface area contributed by atoms with Crippen molar-refractivity contribution in [3.63, 3.8) is 0 Å². The van der Waals surface area contributed by atoms with Crippen molar-refractivity contribution in [3.05, 3.63) is 0 Å². The topological polar surface area (TPSA) is 27.6 Å². The fraction of sp³-hybridized carbons (Fsp3) is 1.00. The molecule has 0 aliphatic rings. The Balaban J connectivity index is -0.000000120. The van der Waals surface area contributed by atoms with E-state index in [1.54, 1.807) is 0 Å². The van der Waals surface area contributed by atoms with Crippen molar-refractivity contribution in [3.8, 4) is 0 Å². The highest BCUT2D eigenvalue weighted by Crippen LogP contribution is 2.09. The van der Waals surface area contributed by atoms with Crippen molar-refractivity contribution in [1.29, 1.82) is 0 Å². The lowest BCUT2D eigenvalue weighted by atomic mass is 10.1. The van der Waals surface area contributed by atoms with Crippen LogP contribution in [0.25, 0.3) is 0 Å². The minimum Gasteiger partial charge on any atom is -1.00 e. The molecule has 0 aliphatic carbocycles. The molecule has 0 saturated heterocycles. The summed E-state index contributed by atoms with van der Waals surface area (Å²) >= 11 is 0. The Morgan fingerprint density at radius 1 is 0.529 bits per heavy atom. The molecule has 3 N–H and O–H groups in total. The lowest BCUT2D eigenvalue weighted by Crippen LogP contribution is -3.00. The van der Waals surface area contributed by atoms with E-state index in [2.05, 4.69) is 12.7 Å². The van der Waals surface area contributed by atoms with Gasteiger partial charge in [0.25, 0.3) is 0 Å². The van der Waals surface area contributed by atoms with Gasteiger partial charge in [-0.1, -0.05) is 58.3 Å². The van der Waals surface area contributed by atoms with Gasteiger partial charge in [-0.25, -0.2) is 0 Å². The van der Waals surface area contributed by atoms with Crippen LogP contribution in [0.15, 0.2) is 0 Å². The molecule has 0 rings (SSSR count). The summed E-state index contributed by atoms with van der Waals surface area (Å²) in [5.74, 6) is 0. The standard InChI is InChI=1S/C12H27N.4ClH/c1-2-3-4-5-6-7-8-9-10-11-12-13;;;;/h2-13H2,1H3;4*1H/p-3. The van der Waals surface area contributed by atoms with Crippen LogP contribution in [0.3, 0.4) is 0 Å². The summed E-state index contributed by atoms with van der Waals surface area (Å²) in [6.07, 6.45) is 14.2. The number of hydrogen-bond donors (Lipinski definition) is 1. The van der Waals surface area contributed by atoms with Crippen molar-refractivity contribution in [1.82, 2.24) is 0 Å². The van der Waals surface area contributed by atoms with Gasteiger partial charge in [0.05, 0.1) is 6.54 Å². The van der Waals surface area contributed by atoms with Crippen LogP contribution >= 0.6 is 0 Å². The van der Waals surface area contributed by atoms with Gasteiger partial charge in [0.15, 0.2) is 0 Å². The molecule has 112 valence electrons.